The molecule has 0 saturated carbocycles. The summed E-state index contributed by atoms with van der Waals surface area (Å²) >= 11 is 0. The number of halogens is 1. The lowest BCUT2D eigenvalue weighted by molar-refractivity contribution is 0.241. The van der Waals surface area contributed by atoms with Gasteiger partial charge < -0.3 is 10.2 Å². The smallest absolute Gasteiger partial charge is 0.125 e. The Kier molecular flexibility index (Phi) is 7.49. The molecule has 1 rings (SSSR count). The molecule has 0 amide bonds. The fourth-order valence-corrected chi connectivity index (χ4v) is 2.25. The van der Waals surface area contributed by atoms with Crippen LogP contribution in [0.15, 0.2) is 24.3 Å². The molecule has 3 heteroatoms. The predicted octanol–water partition coefficient (Wildman–Crippen LogP) is 4.00. The first kappa shape index (κ1) is 16.0. The summed E-state index contributed by atoms with van der Waals surface area (Å²) < 4.78 is 13.0. The normalized spacial score (nSPS) is 11.3. The minimum absolute atomic E-state index is 0.186. The van der Waals surface area contributed by atoms with Crippen LogP contribution in [0, 0.1) is 11.7 Å². The monoisotopic (exact) mass is 266 g/mol. The van der Waals surface area contributed by atoms with Gasteiger partial charge in [-0.1, -0.05) is 39.7 Å². The van der Waals surface area contributed by atoms with Crippen LogP contribution in [0.3, 0.4) is 0 Å². The van der Waals surface area contributed by atoms with E-state index in [1.54, 1.807) is 6.07 Å². The van der Waals surface area contributed by atoms with Gasteiger partial charge in [-0.15, -0.1) is 0 Å². The Bertz CT molecular complexity index is 350. The topological polar surface area (TPSA) is 15.3 Å². The van der Waals surface area contributed by atoms with Crippen LogP contribution in [0.1, 0.15) is 33.6 Å². The molecule has 0 heterocycles. The zero-order chi connectivity index (χ0) is 14.1. The highest BCUT2D eigenvalue weighted by molar-refractivity contribution is 5.42. The summed E-state index contributed by atoms with van der Waals surface area (Å²) in [5.74, 6) is 0.600. The van der Waals surface area contributed by atoms with Crippen LogP contribution in [0.25, 0.3) is 0 Å². The van der Waals surface area contributed by atoms with Crippen LogP contribution >= 0.6 is 0 Å². The summed E-state index contributed by atoms with van der Waals surface area (Å²) in [6.45, 7) is 10.8. The zero-order valence-corrected chi connectivity index (χ0v) is 12.5. The molecule has 0 fully saturated rings. The van der Waals surface area contributed by atoms with Crippen molar-refractivity contribution in [1.82, 2.24) is 4.90 Å². The third kappa shape index (κ3) is 6.06. The highest BCUT2D eigenvalue weighted by Gasteiger charge is 2.09. The average molecular weight is 266 g/mol. The van der Waals surface area contributed by atoms with Gasteiger partial charge in [-0.3, -0.25) is 0 Å². The summed E-state index contributed by atoms with van der Waals surface area (Å²) in [5.41, 5.74) is 0.860. The molecule has 108 valence electrons. The highest BCUT2D eigenvalue weighted by Crippen LogP contribution is 2.11. The zero-order valence-electron chi connectivity index (χ0n) is 12.5. The molecule has 0 radical (unpaired) electrons. The Labute approximate surface area is 117 Å². The van der Waals surface area contributed by atoms with Crippen molar-refractivity contribution in [3.8, 4) is 0 Å². The number of benzene rings is 1. The van der Waals surface area contributed by atoms with E-state index in [0.29, 0.717) is 0 Å². The molecular formula is C16H27FN2. The third-order valence-electron chi connectivity index (χ3n) is 3.70. The molecule has 2 nitrogen and oxygen atoms in total. The number of rotatable bonds is 9. The number of hydrogen-bond acceptors (Lipinski definition) is 2. The van der Waals surface area contributed by atoms with Gasteiger partial charge in [0.2, 0.25) is 0 Å². The Morgan fingerprint density at radius 3 is 2.53 bits per heavy atom. The van der Waals surface area contributed by atoms with E-state index < -0.39 is 0 Å². The Balaban J connectivity index is 2.33. The summed E-state index contributed by atoms with van der Waals surface area (Å²) in [5, 5.41) is 3.28. The summed E-state index contributed by atoms with van der Waals surface area (Å²) in [7, 11) is 0. The van der Waals surface area contributed by atoms with Gasteiger partial charge in [-0.05, 0) is 30.7 Å². The Morgan fingerprint density at radius 1 is 1.21 bits per heavy atom. The first-order valence-electron chi connectivity index (χ1n) is 7.41. The van der Waals surface area contributed by atoms with Crippen molar-refractivity contribution in [2.45, 2.75) is 33.6 Å². The van der Waals surface area contributed by atoms with Gasteiger partial charge in [-0.2, -0.15) is 0 Å². The van der Waals surface area contributed by atoms with Crippen LogP contribution in [0.2, 0.25) is 0 Å². The second-order valence-corrected chi connectivity index (χ2v) is 5.01. The van der Waals surface area contributed by atoms with E-state index in [-0.39, 0.29) is 5.82 Å². The van der Waals surface area contributed by atoms with Crippen molar-refractivity contribution in [2.24, 2.45) is 5.92 Å². The van der Waals surface area contributed by atoms with E-state index in [1.807, 2.05) is 6.07 Å². The minimum atomic E-state index is -0.186. The minimum Gasteiger partial charge on any atom is -0.384 e. The third-order valence-corrected chi connectivity index (χ3v) is 3.70. The van der Waals surface area contributed by atoms with Gasteiger partial charge in [0.25, 0.3) is 0 Å². The molecule has 0 aliphatic heterocycles. The molecule has 19 heavy (non-hydrogen) atoms. The van der Waals surface area contributed by atoms with Gasteiger partial charge >= 0.3 is 0 Å². The molecule has 0 aliphatic rings. The van der Waals surface area contributed by atoms with Crippen molar-refractivity contribution in [1.29, 1.82) is 0 Å². The molecular weight excluding hydrogens is 239 g/mol. The molecule has 1 aromatic rings. The highest BCUT2D eigenvalue weighted by atomic mass is 19.1. The van der Waals surface area contributed by atoms with Gasteiger partial charge in [0, 0.05) is 25.3 Å². The van der Waals surface area contributed by atoms with E-state index in [2.05, 4.69) is 31.0 Å². The van der Waals surface area contributed by atoms with Gasteiger partial charge in [-0.25, -0.2) is 4.39 Å². The lowest BCUT2D eigenvalue weighted by Gasteiger charge is -2.25. The van der Waals surface area contributed by atoms with Crippen LogP contribution in [0.4, 0.5) is 10.1 Å². The molecule has 0 atom stereocenters. The second-order valence-electron chi connectivity index (χ2n) is 5.01. The van der Waals surface area contributed by atoms with Gasteiger partial charge in [0.05, 0.1) is 0 Å². The number of anilines is 1. The molecule has 0 aliphatic carbocycles. The fraction of sp³-hybridized carbons (Fsp3) is 0.625. The number of nitrogens with zero attached hydrogens (tertiary/aromatic N) is 1. The lowest BCUT2D eigenvalue weighted by Crippen LogP contribution is -2.33. The Hall–Kier alpha value is -1.09. The molecule has 0 spiro atoms. The van der Waals surface area contributed by atoms with Crippen LogP contribution in [-0.4, -0.2) is 31.1 Å². The fourth-order valence-electron chi connectivity index (χ4n) is 2.25. The SMILES string of the molecule is CCC(CC)CN(CC)CCNc1cccc(F)c1. The van der Waals surface area contributed by atoms with Crippen molar-refractivity contribution in [3.63, 3.8) is 0 Å². The van der Waals surface area contributed by atoms with Crippen LogP contribution in [0.5, 0.6) is 0 Å². The molecule has 0 unspecified atom stereocenters. The van der Waals surface area contributed by atoms with Crippen molar-refractivity contribution >= 4 is 5.69 Å². The van der Waals surface area contributed by atoms with Crippen molar-refractivity contribution in [2.75, 3.05) is 31.5 Å². The first-order chi connectivity index (χ1) is 9.19. The average Bonchev–Trinajstić information content (AvgIpc) is 2.43. The predicted molar refractivity (Wildman–Crippen MR) is 81.1 cm³/mol. The van der Waals surface area contributed by atoms with E-state index >= 15 is 0 Å². The van der Waals surface area contributed by atoms with Gasteiger partial charge in [0.1, 0.15) is 5.82 Å². The number of hydrogen-bond donors (Lipinski definition) is 1. The van der Waals surface area contributed by atoms with Crippen molar-refractivity contribution in [3.05, 3.63) is 30.1 Å². The Morgan fingerprint density at radius 2 is 1.95 bits per heavy atom. The van der Waals surface area contributed by atoms with E-state index in [4.69, 9.17) is 0 Å². The molecule has 1 aromatic carbocycles. The van der Waals surface area contributed by atoms with Crippen LogP contribution in [-0.2, 0) is 0 Å². The van der Waals surface area contributed by atoms with E-state index in [1.165, 1.54) is 25.0 Å². The maximum Gasteiger partial charge on any atom is 0.125 e. The number of likely N-dealkylation sites (N-methyl/N-ethyl adjacent to an activating group) is 1. The second kappa shape index (κ2) is 8.92. The lowest BCUT2D eigenvalue weighted by atomic mass is 10.0. The maximum absolute atomic E-state index is 13.0. The molecule has 0 aromatic heterocycles. The van der Waals surface area contributed by atoms with E-state index in [0.717, 1.165) is 37.8 Å². The quantitative estimate of drug-likeness (QED) is 0.727. The van der Waals surface area contributed by atoms with E-state index in [9.17, 15) is 4.39 Å². The van der Waals surface area contributed by atoms with Gasteiger partial charge in [0.15, 0.2) is 0 Å². The largest absolute Gasteiger partial charge is 0.384 e. The number of nitrogens with one attached hydrogen (secondary N) is 1. The summed E-state index contributed by atoms with van der Waals surface area (Å²) in [4.78, 5) is 2.46. The van der Waals surface area contributed by atoms with Crippen molar-refractivity contribution < 1.29 is 4.39 Å². The van der Waals surface area contributed by atoms with Crippen LogP contribution < -0.4 is 5.32 Å². The first-order valence-corrected chi connectivity index (χ1v) is 7.41. The molecule has 0 bridgehead atoms. The summed E-state index contributed by atoms with van der Waals surface area (Å²) in [6.07, 6.45) is 2.48. The molecule has 0 saturated heterocycles. The standard InChI is InChI=1S/C16H27FN2/c1-4-14(5-2)13-19(6-3)11-10-18-16-9-7-8-15(17)12-16/h7-9,12,14,18H,4-6,10-11,13H2,1-3H3. The molecule has 1 N–H and O–H groups in total. The maximum atomic E-state index is 13.0. The summed E-state index contributed by atoms with van der Waals surface area (Å²) in [6, 6.07) is 6.65.